The number of esters is 1. The zero-order chi connectivity index (χ0) is 30.4. The van der Waals surface area contributed by atoms with Gasteiger partial charge in [-0.1, -0.05) is 24.1 Å². The van der Waals surface area contributed by atoms with Crippen molar-refractivity contribution >= 4 is 15.8 Å². The number of sulfone groups is 1. The minimum atomic E-state index is -3.09. The monoisotopic (exact) mass is 606 g/mol. The Balaban J connectivity index is 1.25. The number of carbonyl (C=O) groups is 1. The van der Waals surface area contributed by atoms with E-state index in [9.17, 15) is 13.2 Å². The zero-order valence-electron chi connectivity index (χ0n) is 24.3. The van der Waals surface area contributed by atoms with Gasteiger partial charge in [-0.25, -0.2) is 17.8 Å². The fraction of sp³-hybridized carbons (Fsp3) is 0.394. The number of hydrogen-bond acceptors (Lipinski definition) is 8. The third-order valence-corrected chi connectivity index (χ3v) is 10.1. The predicted octanol–water partition coefficient (Wildman–Crippen LogP) is 4.78. The highest BCUT2D eigenvalue weighted by molar-refractivity contribution is 7.92. The second-order valence-electron chi connectivity index (χ2n) is 10.6. The Morgan fingerprint density at radius 1 is 1.16 bits per heavy atom. The van der Waals surface area contributed by atoms with Crippen molar-refractivity contribution in [3.8, 4) is 34.6 Å². The van der Waals surface area contributed by atoms with Gasteiger partial charge in [-0.3, -0.25) is 4.79 Å². The summed E-state index contributed by atoms with van der Waals surface area (Å²) >= 11 is 0. The lowest BCUT2D eigenvalue weighted by Gasteiger charge is -2.23. The lowest BCUT2D eigenvalue weighted by atomic mass is 9.96. The number of methoxy groups -OCH3 is 1. The Morgan fingerprint density at radius 2 is 1.98 bits per heavy atom. The number of pyridine rings is 1. The van der Waals surface area contributed by atoms with Gasteiger partial charge in [0.05, 0.1) is 37.1 Å². The van der Waals surface area contributed by atoms with E-state index in [1.165, 1.54) is 13.2 Å². The molecule has 226 valence electrons. The highest BCUT2D eigenvalue weighted by Crippen LogP contribution is 2.42. The van der Waals surface area contributed by atoms with Crippen LogP contribution >= 0.6 is 0 Å². The van der Waals surface area contributed by atoms with Gasteiger partial charge in [0, 0.05) is 36.5 Å². The van der Waals surface area contributed by atoms with Gasteiger partial charge in [0.2, 0.25) is 5.88 Å². The van der Waals surface area contributed by atoms with Crippen molar-refractivity contribution in [1.82, 2.24) is 10.3 Å². The number of halogens is 1. The molecule has 2 aromatic carbocycles. The Labute approximate surface area is 251 Å². The molecular formula is C33H35FN2O6S. The van der Waals surface area contributed by atoms with Crippen LogP contribution in [0.4, 0.5) is 4.39 Å². The minimum Gasteiger partial charge on any atom is -0.486 e. The van der Waals surface area contributed by atoms with Crippen LogP contribution in [0.25, 0.3) is 11.1 Å². The van der Waals surface area contributed by atoms with E-state index in [0.29, 0.717) is 49.5 Å². The van der Waals surface area contributed by atoms with E-state index in [-0.39, 0.29) is 36.5 Å². The number of hydrogen-bond donors (Lipinski definition) is 1. The maximum atomic E-state index is 15.1. The van der Waals surface area contributed by atoms with Gasteiger partial charge in [0.25, 0.3) is 0 Å². The number of nitrogens with one attached hydrogen (secondary N) is 1. The zero-order valence-corrected chi connectivity index (χ0v) is 25.1. The summed E-state index contributed by atoms with van der Waals surface area (Å²) in [5.74, 6) is 6.16. The van der Waals surface area contributed by atoms with Crippen molar-refractivity contribution in [2.75, 3.05) is 32.6 Å². The average molecular weight is 607 g/mol. The van der Waals surface area contributed by atoms with E-state index in [1.807, 2.05) is 30.3 Å². The molecule has 2 heterocycles. The first kappa shape index (κ1) is 30.5. The summed E-state index contributed by atoms with van der Waals surface area (Å²) in [7, 11) is -1.74. The molecule has 8 nitrogen and oxygen atoms in total. The number of carbonyl (C=O) groups excluding carboxylic acids is 1. The smallest absolute Gasteiger partial charge is 0.307 e. The van der Waals surface area contributed by atoms with Gasteiger partial charge < -0.3 is 19.5 Å². The number of nitrogens with zero attached hydrogens (tertiary/aromatic N) is 1. The molecule has 0 radical (unpaired) electrons. The molecule has 1 saturated heterocycles. The molecule has 0 amide bonds. The van der Waals surface area contributed by atoms with Crippen molar-refractivity contribution in [3.05, 3.63) is 77.2 Å². The van der Waals surface area contributed by atoms with Gasteiger partial charge >= 0.3 is 5.97 Å². The normalized spacial score (nSPS) is 19.4. The molecule has 3 aromatic rings. The highest BCUT2D eigenvalue weighted by atomic mass is 32.2. The van der Waals surface area contributed by atoms with E-state index >= 15 is 4.39 Å². The lowest BCUT2D eigenvalue weighted by Crippen LogP contribution is -2.44. The molecule has 0 bridgehead atoms. The van der Waals surface area contributed by atoms with E-state index < -0.39 is 21.2 Å². The number of fused-ring (bicyclic) bond motifs is 1. The molecule has 2 aliphatic rings. The van der Waals surface area contributed by atoms with Crippen LogP contribution < -0.4 is 14.8 Å². The Bertz CT molecular complexity index is 1610. The van der Waals surface area contributed by atoms with Crippen LogP contribution in [0, 0.1) is 17.7 Å². The minimum absolute atomic E-state index is 0.151. The topological polar surface area (TPSA) is 104 Å². The second kappa shape index (κ2) is 13.6. The van der Waals surface area contributed by atoms with Crippen LogP contribution in [0.2, 0.25) is 0 Å². The van der Waals surface area contributed by atoms with Gasteiger partial charge in [-0.05, 0) is 67.1 Å². The van der Waals surface area contributed by atoms with E-state index in [2.05, 4.69) is 22.1 Å². The van der Waals surface area contributed by atoms with E-state index in [4.69, 9.17) is 14.2 Å². The van der Waals surface area contributed by atoms with Crippen LogP contribution in [0.3, 0.4) is 0 Å². The van der Waals surface area contributed by atoms with E-state index in [1.54, 1.807) is 25.3 Å². The number of rotatable bonds is 10. The average Bonchev–Trinajstić information content (AvgIpc) is 3.43. The largest absolute Gasteiger partial charge is 0.486 e. The van der Waals surface area contributed by atoms with Gasteiger partial charge in [-0.2, -0.15) is 0 Å². The summed E-state index contributed by atoms with van der Waals surface area (Å²) in [6.45, 7) is 2.91. The maximum Gasteiger partial charge on any atom is 0.307 e. The SMILES string of the molecule is CC#CC(CC(=O)OC)c1ccc(O[C@@H]2CCc3c(-c4ccc(OCCC5CNCCS5(=O)=O)nc4)ccc(F)c32)cc1. The summed E-state index contributed by atoms with van der Waals surface area (Å²) < 4.78 is 56.3. The first-order valence-corrected chi connectivity index (χ1v) is 16.1. The quantitative estimate of drug-likeness (QED) is 0.260. The molecule has 1 fully saturated rings. The summed E-state index contributed by atoms with van der Waals surface area (Å²) in [6.07, 6.45) is 3.09. The number of aromatic nitrogens is 1. The third-order valence-electron chi connectivity index (χ3n) is 7.94. The summed E-state index contributed by atoms with van der Waals surface area (Å²) in [5.41, 5.74) is 4.04. The third kappa shape index (κ3) is 7.17. The Morgan fingerprint density at radius 3 is 2.67 bits per heavy atom. The second-order valence-corrected chi connectivity index (χ2v) is 13.0. The van der Waals surface area contributed by atoms with Crippen LogP contribution in [0.1, 0.15) is 54.9 Å². The van der Waals surface area contributed by atoms with E-state index in [0.717, 1.165) is 22.3 Å². The van der Waals surface area contributed by atoms with Gasteiger partial charge in [0.15, 0.2) is 9.84 Å². The molecule has 1 N–H and O–H groups in total. The van der Waals surface area contributed by atoms with Gasteiger partial charge in [0.1, 0.15) is 17.7 Å². The molecule has 1 aromatic heterocycles. The van der Waals surface area contributed by atoms with Crippen LogP contribution in [-0.4, -0.2) is 57.2 Å². The number of ether oxygens (including phenoxy) is 3. The standard InChI is InChI=1S/C33H35FN2O6S/c1-3-4-23(19-32(37)40-2)22-5-8-25(9-6-22)42-30-13-11-28-27(10-12-29(34)33(28)30)24-7-14-31(36-20-24)41-17-15-26-21-35-16-18-43(26,38)39/h5-10,12,14,20,23,26,30,35H,11,13,15-19,21H2,1-2H3/t23?,26?,30-/m1/s1. The van der Waals surface area contributed by atoms with Crippen molar-refractivity contribution in [2.24, 2.45) is 0 Å². The molecule has 43 heavy (non-hydrogen) atoms. The fourth-order valence-electron chi connectivity index (χ4n) is 5.65. The summed E-state index contributed by atoms with van der Waals surface area (Å²) in [5, 5.41) is 2.67. The molecule has 0 saturated carbocycles. The number of benzene rings is 2. The van der Waals surface area contributed by atoms with Crippen molar-refractivity contribution < 1.29 is 31.8 Å². The summed E-state index contributed by atoms with van der Waals surface area (Å²) in [4.78, 5) is 16.2. The van der Waals surface area contributed by atoms with Gasteiger partial charge in [-0.15, -0.1) is 5.92 Å². The molecule has 2 unspecified atom stereocenters. The molecule has 1 aliphatic carbocycles. The van der Waals surface area contributed by atoms with Crippen molar-refractivity contribution in [3.63, 3.8) is 0 Å². The van der Waals surface area contributed by atoms with Crippen LogP contribution in [0.5, 0.6) is 11.6 Å². The van der Waals surface area contributed by atoms with Crippen molar-refractivity contribution in [2.45, 2.75) is 49.9 Å². The highest BCUT2D eigenvalue weighted by Gasteiger charge is 2.31. The predicted molar refractivity (Wildman–Crippen MR) is 161 cm³/mol. The fourth-order valence-corrected chi connectivity index (χ4v) is 7.24. The molecule has 1 aliphatic heterocycles. The Hall–Kier alpha value is -3.94. The van der Waals surface area contributed by atoms with Crippen LogP contribution in [0.15, 0.2) is 54.7 Å². The first-order chi connectivity index (χ1) is 20.8. The first-order valence-electron chi connectivity index (χ1n) is 14.4. The van der Waals surface area contributed by atoms with Crippen molar-refractivity contribution in [1.29, 1.82) is 0 Å². The molecule has 0 spiro atoms. The maximum absolute atomic E-state index is 15.1. The lowest BCUT2D eigenvalue weighted by molar-refractivity contribution is -0.140. The summed E-state index contributed by atoms with van der Waals surface area (Å²) in [6, 6.07) is 14.2. The Kier molecular flexibility index (Phi) is 9.63. The molecular weight excluding hydrogens is 571 g/mol. The molecule has 3 atom stereocenters. The molecule has 10 heteroatoms. The van der Waals surface area contributed by atoms with Crippen LogP contribution in [-0.2, 0) is 25.8 Å². The molecule has 5 rings (SSSR count).